The number of anilines is 1. The third-order valence-corrected chi connectivity index (χ3v) is 4.93. The van der Waals surface area contributed by atoms with Gasteiger partial charge in [0.2, 0.25) is 0 Å². The van der Waals surface area contributed by atoms with Gasteiger partial charge in [0.25, 0.3) is 5.91 Å². The second kappa shape index (κ2) is 7.23. The molecule has 27 heavy (non-hydrogen) atoms. The Morgan fingerprint density at radius 1 is 0.963 bits per heavy atom. The van der Waals surface area contributed by atoms with E-state index in [9.17, 15) is 9.59 Å². The van der Waals surface area contributed by atoms with E-state index < -0.39 is 5.97 Å². The first kappa shape index (κ1) is 18.6. The van der Waals surface area contributed by atoms with Crippen LogP contribution in [-0.2, 0) is 14.3 Å². The zero-order chi connectivity index (χ0) is 19.7. The Labute approximate surface area is 159 Å². The summed E-state index contributed by atoms with van der Waals surface area (Å²) < 4.78 is 4.95. The van der Waals surface area contributed by atoms with E-state index in [-0.39, 0.29) is 5.91 Å². The van der Waals surface area contributed by atoms with Crippen molar-refractivity contribution in [2.45, 2.75) is 27.7 Å². The maximum absolute atomic E-state index is 13.2. The monoisotopic (exact) mass is 361 g/mol. The summed E-state index contributed by atoms with van der Waals surface area (Å²) in [5, 5.41) is 0. The van der Waals surface area contributed by atoms with Gasteiger partial charge in [-0.2, -0.15) is 0 Å². The highest BCUT2D eigenvalue weighted by atomic mass is 16.5. The third-order valence-electron chi connectivity index (χ3n) is 4.93. The number of methoxy groups -OCH3 is 1. The first-order chi connectivity index (χ1) is 12.8. The second-order valence-corrected chi connectivity index (χ2v) is 6.83. The second-order valence-electron chi connectivity index (χ2n) is 6.83. The first-order valence-electron chi connectivity index (χ1n) is 8.83. The maximum Gasteiger partial charge on any atom is 0.340 e. The number of hydrogen-bond acceptors (Lipinski definition) is 3. The van der Waals surface area contributed by atoms with Crippen molar-refractivity contribution in [2.75, 3.05) is 12.0 Å². The molecular formula is C23H23NO3. The summed E-state index contributed by atoms with van der Waals surface area (Å²) in [5.74, 6) is -0.734. The molecular weight excluding hydrogens is 338 g/mol. The third kappa shape index (κ3) is 3.43. The number of ether oxygens (including phenoxy) is 1. The number of benzene rings is 2. The molecule has 0 radical (unpaired) electrons. The summed E-state index contributed by atoms with van der Waals surface area (Å²) in [7, 11) is 1.33. The summed E-state index contributed by atoms with van der Waals surface area (Å²) in [5.41, 5.74) is 6.21. The normalized spacial score (nSPS) is 15.7. The molecule has 1 aliphatic rings. The van der Waals surface area contributed by atoms with Crippen LogP contribution in [0, 0.1) is 20.8 Å². The van der Waals surface area contributed by atoms with E-state index >= 15 is 0 Å². The van der Waals surface area contributed by atoms with Crippen LogP contribution in [0.3, 0.4) is 0 Å². The molecule has 0 N–H and O–H groups in total. The van der Waals surface area contributed by atoms with Crippen molar-refractivity contribution in [1.29, 1.82) is 0 Å². The molecule has 0 bridgehead atoms. The van der Waals surface area contributed by atoms with Crippen LogP contribution in [0.4, 0.5) is 5.69 Å². The molecule has 0 unspecified atom stereocenters. The Hall–Kier alpha value is -3.14. The number of allylic oxidation sites excluding steroid dienone is 1. The number of hydrogen-bond donors (Lipinski definition) is 0. The largest absolute Gasteiger partial charge is 0.465 e. The fourth-order valence-corrected chi connectivity index (χ4v) is 3.18. The van der Waals surface area contributed by atoms with Gasteiger partial charge in [0, 0.05) is 11.4 Å². The number of carbonyl (C=O) groups is 2. The highest BCUT2D eigenvalue weighted by Crippen LogP contribution is 2.36. The number of amides is 1. The van der Waals surface area contributed by atoms with Crippen LogP contribution in [0.1, 0.15) is 29.2 Å². The number of nitrogens with zero attached hydrogens (tertiary/aromatic N) is 1. The summed E-state index contributed by atoms with van der Waals surface area (Å²) in [4.78, 5) is 27.2. The van der Waals surface area contributed by atoms with Crippen molar-refractivity contribution in [3.8, 4) is 0 Å². The fourth-order valence-electron chi connectivity index (χ4n) is 3.18. The van der Waals surface area contributed by atoms with Crippen molar-refractivity contribution in [1.82, 2.24) is 0 Å². The van der Waals surface area contributed by atoms with E-state index in [0.717, 1.165) is 27.9 Å². The molecule has 0 fully saturated rings. The minimum absolute atomic E-state index is 0.225. The minimum Gasteiger partial charge on any atom is -0.465 e. The summed E-state index contributed by atoms with van der Waals surface area (Å²) in [6, 6.07) is 13.6. The van der Waals surface area contributed by atoms with Gasteiger partial charge in [0.15, 0.2) is 0 Å². The van der Waals surface area contributed by atoms with Gasteiger partial charge in [-0.1, -0.05) is 35.9 Å². The Morgan fingerprint density at radius 2 is 1.63 bits per heavy atom. The molecule has 138 valence electrons. The summed E-state index contributed by atoms with van der Waals surface area (Å²) in [6.07, 6.45) is 1.75. The Kier molecular flexibility index (Phi) is 5.00. The van der Waals surface area contributed by atoms with Crippen molar-refractivity contribution in [3.05, 3.63) is 81.6 Å². The average Bonchev–Trinajstić information content (AvgIpc) is 2.89. The van der Waals surface area contributed by atoms with Gasteiger partial charge in [0.05, 0.1) is 18.3 Å². The molecule has 0 spiro atoms. The molecule has 1 amide bonds. The van der Waals surface area contributed by atoms with Gasteiger partial charge in [-0.3, -0.25) is 9.69 Å². The average molecular weight is 361 g/mol. The SMILES string of the molecule is COC(=O)C1=C(C)N(c2ccc(C)c(C)c2)C(=O)/C1=C\c1ccc(C)cc1. The smallest absolute Gasteiger partial charge is 0.340 e. The number of aryl methyl sites for hydroxylation is 3. The predicted octanol–water partition coefficient (Wildman–Crippen LogP) is 4.49. The summed E-state index contributed by atoms with van der Waals surface area (Å²) in [6.45, 7) is 7.80. The molecule has 0 atom stereocenters. The van der Waals surface area contributed by atoms with Gasteiger partial charge >= 0.3 is 5.97 Å². The van der Waals surface area contributed by atoms with Gasteiger partial charge in [0.1, 0.15) is 0 Å². The van der Waals surface area contributed by atoms with E-state index in [1.807, 2.05) is 63.2 Å². The molecule has 4 heteroatoms. The van der Waals surface area contributed by atoms with E-state index in [0.29, 0.717) is 16.8 Å². The van der Waals surface area contributed by atoms with Crippen LogP contribution < -0.4 is 4.90 Å². The number of carbonyl (C=O) groups excluding carboxylic acids is 2. The molecule has 0 aliphatic carbocycles. The molecule has 1 heterocycles. The van der Waals surface area contributed by atoms with Crippen molar-refractivity contribution in [3.63, 3.8) is 0 Å². The standard InChI is InChI=1S/C23H23NO3/c1-14-6-9-18(10-7-14)13-20-21(23(26)27-5)17(4)24(22(20)25)19-11-8-15(2)16(3)12-19/h6-13H,1-5H3/b20-13-. The molecule has 0 aromatic heterocycles. The highest BCUT2D eigenvalue weighted by Gasteiger charge is 2.37. The first-order valence-corrected chi connectivity index (χ1v) is 8.83. The van der Waals surface area contributed by atoms with Gasteiger partial charge in [-0.05, 0) is 62.6 Å². The molecule has 2 aromatic carbocycles. The highest BCUT2D eigenvalue weighted by molar-refractivity contribution is 6.23. The van der Waals surface area contributed by atoms with E-state index in [1.165, 1.54) is 7.11 Å². The van der Waals surface area contributed by atoms with Crippen LogP contribution in [-0.4, -0.2) is 19.0 Å². The Bertz CT molecular complexity index is 981. The lowest BCUT2D eigenvalue weighted by Gasteiger charge is -2.19. The molecule has 3 rings (SSSR count). The lowest BCUT2D eigenvalue weighted by molar-refractivity contribution is -0.136. The molecule has 0 saturated carbocycles. The van der Waals surface area contributed by atoms with Crippen LogP contribution in [0.15, 0.2) is 59.3 Å². The number of rotatable bonds is 3. The Morgan fingerprint density at radius 3 is 2.22 bits per heavy atom. The van der Waals surface area contributed by atoms with Crippen molar-refractivity contribution < 1.29 is 14.3 Å². The summed E-state index contributed by atoms with van der Waals surface area (Å²) >= 11 is 0. The topological polar surface area (TPSA) is 46.6 Å². The van der Waals surface area contributed by atoms with Gasteiger partial charge in [-0.25, -0.2) is 4.79 Å². The van der Waals surface area contributed by atoms with Gasteiger partial charge < -0.3 is 4.74 Å². The lowest BCUT2D eigenvalue weighted by Crippen LogP contribution is -2.24. The van der Waals surface area contributed by atoms with E-state index in [4.69, 9.17) is 4.74 Å². The van der Waals surface area contributed by atoms with Crippen LogP contribution in [0.2, 0.25) is 0 Å². The molecule has 4 nitrogen and oxygen atoms in total. The van der Waals surface area contributed by atoms with Crippen molar-refractivity contribution in [2.24, 2.45) is 0 Å². The van der Waals surface area contributed by atoms with Crippen molar-refractivity contribution >= 4 is 23.6 Å². The maximum atomic E-state index is 13.2. The zero-order valence-electron chi connectivity index (χ0n) is 16.3. The fraction of sp³-hybridized carbons (Fsp3) is 0.217. The molecule has 0 saturated heterocycles. The molecule has 2 aromatic rings. The number of esters is 1. The quantitative estimate of drug-likeness (QED) is 0.598. The minimum atomic E-state index is -0.509. The van der Waals surface area contributed by atoms with E-state index in [1.54, 1.807) is 17.9 Å². The predicted molar refractivity (Wildman–Crippen MR) is 107 cm³/mol. The lowest BCUT2D eigenvalue weighted by atomic mass is 10.0. The Balaban J connectivity index is 2.14. The zero-order valence-corrected chi connectivity index (χ0v) is 16.3. The van der Waals surface area contributed by atoms with Crippen LogP contribution in [0.25, 0.3) is 6.08 Å². The van der Waals surface area contributed by atoms with E-state index in [2.05, 4.69) is 0 Å². The molecule has 1 aliphatic heterocycles. The van der Waals surface area contributed by atoms with Crippen LogP contribution in [0.5, 0.6) is 0 Å². The van der Waals surface area contributed by atoms with Crippen LogP contribution >= 0.6 is 0 Å². The van der Waals surface area contributed by atoms with Gasteiger partial charge in [-0.15, -0.1) is 0 Å².